The molecule has 0 aromatic rings. The molecule has 1 N–H and O–H groups in total. The van der Waals surface area contributed by atoms with E-state index in [1.54, 1.807) is 0 Å². The predicted molar refractivity (Wildman–Crippen MR) is 52.0 cm³/mol. The summed E-state index contributed by atoms with van der Waals surface area (Å²) in [6.07, 6.45) is 0. The van der Waals surface area contributed by atoms with Crippen LogP contribution in [0.4, 0.5) is 0 Å². The van der Waals surface area contributed by atoms with Crippen LogP contribution in [-0.4, -0.2) is 55.4 Å². The first-order valence-electron chi connectivity index (χ1n) is 4.41. The molecule has 0 spiro atoms. The molecule has 0 atom stereocenters. The lowest BCUT2D eigenvalue weighted by atomic mass is 10.4. The van der Waals surface area contributed by atoms with Gasteiger partial charge in [-0.1, -0.05) is 13.8 Å². The van der Waals surface area contributed by atoms with Crippen LogP contribution in [-0.2, 0) is 10.3 Å². The fourth-order valence-electron chi connectivity index (χ4n) is 1.02. The van der Waals surface area contributed by atoms with E-state index in [0.717, 1.165) is 4.31 Å². The van der Waals surface area contributed by atoms with Crippen LogP contribution in [0.1, 0.15) is 13.8 Å². The molecule has 1 aliphatic rings. The quantitative estimate of drug-likeness (QED) is 0.622. The van der Waals surface area contributed by atoms with Gasteiger partial charge in [0.25, 0.3) is 0 Å². The summed E-state index contributed by atoms with van der Waals surface area (Å²) in [6.45, 7) is 6.13. The van der Waals surface area contributed by atoms with E-state index in [-0.39, 0.29) is 0 Å². The van der Waals surface area contributed by atoms with Gasteiger partial charge in [0.05, 0.1) is 0 Å². The summed E-state index contributed by atoms with van der Waals surface area (Å²) in [7, 11) is -2.02. The molecule has 1 aliphatic heterocycles. The Morgan fingerprint density at radius 1 is 1.08 bits per heavy atom. The second-order valence-corrected chi connectivity index (χ2v) is 4.09. The van der Waals surface area contributed by atoms with E-state index in [2.05, 4.69) is 0 Å². The van der Waals surface area contributed by atoms with Crippen molar-refractivity contribution >= 4 is 10.3 Å². The standard InChI is InChI=1S/C5H12N2O3S.C2H6/c1-6-2-4-7(5-3-6)11(8,9)10;1-2/h2-5H2,1H3,(H,8,9,10);1-2H3. The van der Waals surface area contributed by atoms with Crippen LogP contribution in [0.5, 0.6) is 0 Å². The van der Waals surface area contributed by atoms with Gasteiger partial charge in [-0.15, -0.1) is 0 Å². The largest absolute Gasteiger partial charge is 0.335 e. The molecule has 0 aromatic carbocycles. The molecular weight excluding hydrogens is 192 g/mol. The molecule has 0 aliphatic carbocycles. The Morgan fingerprint density at radius 2 is 1.46 bits per heavy atom. The Bertz CT molecular complexity index is 220. The van der Waals surface area contributed by atoms with Crippen molar-refractivity contribution in [2.45, 2.75) is 13.8 Å². The van der Waals surface area contributed by atoms with Crippen LogP contribution in [0.2, 0.25) is 0 Å². The lowest BCUT2D eigenvalue weighted by molar-refractivity contribution is 0.210. The third kappa shape index (κ3) is 4.56. The number of likely N-dealkylation sites (N-methyl/N-ethyl adjacent to an activating group) is 1. The molecule has 13 heavy (non-hydrogen) atoms. The second kappa shape index (κ2) is 5.54. The van der Waals surface area contributed by atoms with Crippen LogP contribution in [0.3, 0.4) is 0 Å². The van der Waals surface area contributed by atoms with Crippen LogP contribution < -0.4 is 0 Å². The molecule has 1 saturated heterocycles. The van der Waals surface area contributed by atoms with Gasteiger partial charge in [0.15, 0.2) is 0 Å². The van der Waals surface area contributed by atoms with E-state index in [4.69, 9.17) is 4.55 Å². The van der Waals surface area contributed by atoms with E-state index in [1.807, 2.05) is 25.8 Å². The summed E-state index contributed by atoms with van der Waals surface area (Å²) in [5.74, 6) is 0. The summed E-state index contributed by atoms with van der Waals surface area (Å²) < 4.78 is 30.8. The summed E-state index contributed by atoms with van der Waals surface area (Å²) in [5, 5.41) is 0. The van der Waals surface area contributed by atoms with Crippen LogP contribution in [0.25, 0.3) is 0 Å². The third-order valence-electron chi connectivity index (χ3n) is 1.79. The van der Waals surface area contributed by atoms with Crippen molar-refractivity contribution in [3.05, 3.63) is 0 Å². The van der Waals surface area contributed by atoms with Gasteiger partial charge in [-0.2, -0.15) is 12.7 Å². The molecule has 5 nitrogen and oxygen atoms in total. The monoisotopic (exact) mass is 210 g/mol. The number of hydrogen-bond donors (Lipinski definition) is 1. The van der Waals surface area contributed by atoms with Gasteiger partial charge in [0.2, 0.25) is 0 Å². The molecule has 1 rings (SSSR count). The fourth-order valence-corrected chi connectivity index (χ4v) is 1.64. The average Bonchev–Trinajstić information content (AvgIpc) is 2.07. The van der Waals surface area contributed by atoms with E-state index < -0.39 is 10.3 Å². The number of nitrogens with zero attached hydrogens (tertiary/aromatic N) is 2. The molecule has 0 radical (unpaired) electrons. The van der Waals surface area contributed by atoms with Crippen molar-refractivity contribution in [2.24, 2.45) is 0 Å². The highest BCUT2D eigenvalue weighted by molar-refractivity contribution is 7.83. The highest BCUT2D eigenvalue weighted by atomic mass is 32.2. The Hall–Kier alpha value is -0.170. The molecule has 0 aromatic heterocycles. The Labute approximate surface area is 80.2 Å². The number of rotatable bonds is 1. The molecule has 0 bridgehead atoms. The van der Waals surface area contributed by atoms with Crippen LogP contribution >= 0.6 is 0 Å². The van der Waals surface area contributed by atoms with Gasteiger partial charge in [-0.25, -0.2) is 0 Å². The van der Waals surface area contributed by atoms with E-state index in [0.29, 0.717) is 26.2 Å². The van der Waals surface area contributed by atoms with Crippen molar-refractivity contribution in [1.29, 1.82) is 0 Å². The molecule has 1 fully saturated rings. The minimum Gasteiger partial charge on any atom is -0.304 e. The average molecular weight is 210 g/mol. The second-order valence-electron chi connectivity index (χ2n) is 2.68. The third-order valence-corrected chi connectivity index (χ3v) is 2.81. The van der Waals surface area contributed by atoms with E-state index >= 15 is 0 Å². The molecule has 80 valence electrons. The van der Waals surface area contributed by atoms with Crippen LogP contribution in [0.15, 0.2) is 0 Å². The van der Waals surface area contributed by atoms with Gasteiger partial charge in [0, 0.05) is 26.2 Å². The van der Waals surface area contributed by atoms with Gasteiger partial charge in [-0.05, 0) is 7.05 Å². The van der Waals surface area contributed by atoms with Gasteiger partial charge in [0.1, 0.15) is 0 Å². The smallest absolute Gasteiger partial charge is 0.304 e. The van der Waals surface area contributed by atoms with Crippen molar-refractivity contribution in [1.82, 2.24) is 9.21 Å². The topological polar surface area (TPSA) is 60.9 Å². The minimum atomic E-state index is -3.94. The Kier molecular flexibility index (Phi) is 5.46. The summed E-state index contributed by atoms with van der Waals surface area (Å²) in [5.41, 5.74) is 0. The molecule has 1 heterocycles. The predicted octanol–water partition coefficient (Wildman–Crippen LogP) is 0.0628. The van der Waals surface area contributed by atoms with Gasteiger partial charge >= 0.3 is 10.3 Å². The van der Waals surface area contributed by atoms with E-state index in [1.165, 1.54) is 0 Å². The minimum absolute atomic E-state index is 0.384. The number of piperazine rings is 1. The van der Waals surface area contributed by atoms with Gasteiger partial charge in [-0.3, -0.25) is 4.55 Å². The maximum absolute atomic E-state index is 10.6. The zero-order valence-corrected chi connectivity index (χ0v) is 9.21. The first-order valence-corrected chi connectivity index (χ1v) is 5.81. The summed E-state index contributed by atoms with van der Waals surface area (Å²) in [4.78, 5) is 2.02. The Balaban J connectivity index is 0.000000671. The maximum atomic E-state index is 10.6. The molecule has 0 saturated carbocycles. The molecule has 6 heteroatoms. The zero-order chi connectivity index (χ0) is 10.5. The summed E-state index contributed by atoms with van der Waals surface area (Å²) in [6, 6.07) is 0. The van der Waals surface area contributed by atoms with Crippen molar-refractivity contribution in [3.8, 4) is 0 Å². The number of hydrogen-bond acceptors (Lipinski definition) is 3. The lowest BCUT2D eigenvalue weighted by Gasteiger charge is -2.29. The first-order chi connectivity index (χ1) is 6.00. The SMILES string of the molecule is CC.CN1CCN(S(=O)(=O)O)CC1. The Morgan fingerprint density at radius 3 is 1.77 bits per heavy atom. The maximum Gasteiger partial charge on any atom is 0.335 e. The van der Waals surface area contributed by atoms with Crippen LogP contribution in [0, 0.1) is 0 Å². The highest BCUT2D eigenvalue weighted by Crippen LogP contribution is 2.02. The van der Waals surface area contributed by atoms with Crippen molar-refractivity contribution in [2.75, 3.05) is 33.2 Å². The fraction of sp³-hybridized carbons (Fsp3) is 1.00. The van der Waals surface area contributed by atoms with Gasteiger partial charge < -0.3 is 4.90 Å². The molecule has 0 unspecified atom stereocenters. The molecular formula is C7H18N2O3S. The highest BCUT2D eigenvalue weighted by Gasteiger charge is 2.22. The van der Waals surface area contributed by atoms with Crippen molar-refractivity contribution < 1.29 is 13.0 Å². The first kappa shape index (κ1) is 12.8. The van der Waals surface area contributed by atoms with E-state index in [9.17, 15) is 8.42 Å². The lowest BCUT2D eigenvalue weighted by Crippen LogP contribution is -2.46. The normalized spacial score (nSPS) is 20.6. The van der Waals surface area contributed by atoms with Crippen molar-refractivity contribution in [3.63, 3.8) is 0 Å². The zero-order valence-electron chi connectivity index (χ0n) is 8.39. The summed E-state index contributed by atoms with van der Waals surface area (Å²) >= 11 is 0. The molecule has 0 amide bonds.